The smallest absolute Gasteiger partial charge is 0 e. The molecule has 1 atom stereocenters. The minimum atomic E-state index is 0. The molecule has 0 N–H and O–H groups in total. The van der Waals surface area contributed by atoms with Crippen LogP contribution in [0.1, 0.15) is 0 Å². The SMILES string of the molecule is Cl.Cl.P.[Ru]. The van der Waals surface area contributed by atoms with Crippen LogP contribution in [0.4, 0.5) is 0 Å². The largest absolute Gasteiger partial charge is 0.153 e. The summed E-state index contributed by atoms with van der Waals surface area (Å²) in [5.41, 5.74) is 0. The van der Waals surface area contributed by atoms with Crippen molar-refractivity contribution in [2.75, 3.05) is 0 Å². The molecule has 0 aromatic carbocycles. The van der Waals surface area contributed by atoms with E-state index in [-0.39, 0.29) is 54.2 Å². The molecular formula is H5Cl2PRu. The molecule has 0 heterocycles. The van der Waals surface area contributed by atoms with Gasteiger partial charge in [0.2, 0.25) is 0 Å². The van der Waals surface area contributed by atoms with E-state index in [4.69, 9.17) is 0 Å². The Labute approximate surface area is 54.3 Å². The van der Waals surface area contributed by atoms with Crippen molar-refractivity contribution in [2.24, 2.45) is 0 Å². The molecule has 32 valence electrons. The van der Waals surface area contributed by atoms with Crippen LogP contribution in [0.5, 0.6) is 0 Å². The summed E-state index contributed by atoms with van der Waals surface area (Å²) >= 11 is 0. The Kier molecular flexibility index (Phi) is 260. The molecular weight excluding hydrogens is 203 g/mol. The maximum Gasteiger partial charge on any atom is 0 e. The van der Waals surface area contributed by atoms with E-state index in [0.717, 1.165) is 0 Å². The normalized spacial score (nSPS) is 0. The fourth-order valence-electron chi connectivity index (χ4n) is 0. The Hall–Kier alpha value is 1.63. The minimum Gasteiger partial charge on any atom is -0.153 e. The van der Waals surface area contributed by atoms with E-state index in [1.165, 1.54) is 0 Å². The maximum atomic E-state index is 0. The number of halogens is 2. The molecule has 0 radical (unpaired) electrons. The maximum absolute atomic E-state index is 0. The Morgan fingerprint density at radius 2 is 0.750 bits per heavy atom. The van der Waals surface area contributed by atoms with Gasteiger partial charge in [-0.2, -0.15) is 9.90 Å². The second-order valence-corrected chi connectivity index (χ2v) is 0. The first-order valence-corrected chi connectivity index (χ1v) is 0. The second-order valence-electron chi connectivity index (χ2n) is 0. The summed E-state index contributed by atoms with van der Waals surface area (Å²) in [7, 11) is 0. The molecule has 1 unspecified atom stereocenters. The van der Waals surface area contributed by atoms with Gasteiger partial charge in [0.1, 0.15) is 0 Å². The van der Waals surface area contributed by atoms with Crippen LogP contribution in [0.25, 0.3) is 0 Å². The Morgan fingerprint density at radius 3 is 0.750 bits per heavy atom. The molecule has 0 aromatic rings. The molecule has 0 amide bonds. The number of hydrogen-bond donors (Lipinski definition) is 0. The average molecular weight is 208 g/mol. The van der Waals surface area contributed by atoms with E-state index in [9.17, 15) is 0 Å². The van der Waals surface area contributed by atoms with Gasteiger partial charge in [-0.25, -0.2) is 0 Å². The quantitative estimate of drug-likeness (QED) is 0.409. The molecule has 0 spiro atoms. The van der Waals surface area contributed by atoms with Crippen LogP contribution in [0, 0.1) is 0 Å². The molecule has 0 bridgehead atoms. The Bertz CT molecular complexity index is 6.00. The predicted octanol–water partition coefficient (Wildman–Crippen LogP) is 0.899. The van der Waals surface area contributed by atoms with Gasteiger partial charge in [0.15, 0.2) is 0 Å². The van der Waals surface area contributed by atoms with Crippen molar-refractivity contribution < 1.29 is 19.5 Å². The van der Waals surface area contributed by atoms with Gasteiger partial charge in [0.25, 0.3) is 0 Å². The standard InChI is InChI=1S/2ClH.H3P.Ru/h2*1H;1H3;. The second kappa shape index (κ2) is 22.9. The Morgan fingerprint density at radius 1 is 0.750 bits per heavy atom. The average Bonchev–Trinajstić information content (AvgIpc) is 0. The molecule has 0 saturated heterocycles. The van der Waals surface area contributed by atoms with Gasteiger partial charge in [-0.3, -0.25) is 0 Å². The van der Waals surface area contributed by atoms with E-state index in [0.29, 0.717) is 0 Å². The first kappa shape index (κ1) is 45.3. The summed E-state index contributed by atoms with van der Waals surface area (Å²) in [6.45, 7) is 0. The third-order valence-corrected chi connectivity index (χ3v) is 0. The molecule has 0 rings (SSSR count). The summed E-state index contributed by atoms with van der Waals surface area (Å²) in [6.07, 6.45) is 0. The van der Waals surface area contributed by atoms with E-state index in [2.05, 4.69) is 0 Å². The van der Waals surface area contributed by atoms with E-state index in [1.807, 2.05) is 0 Å². The summed E-state index contributed by atoms with van der Waals surface area (Å²) in [6, 6.07) is 0. The third-order valence-electron chi connectivity index (χ3n) is 0. The zero-order chi connectivity index (χ0) is 0. The van der Waals surface area contributed by atoms with Gasteiger partial charge in [0, 0.05) is 19.5 Å². The van der Waals surface area contributed by atoms with Gasteiger partial charge < -0.3 is 0 Å². The fourth-order valence-corrected chi connectivity index (χ4v) is 0. The van der Waals surface area contributed by atoms with Crippen molar-refractivity contribution in [1.82, 2.24) is 0 Å². The Balaban J connectivity index is 0. The summed E-state index contributed by atoms with van der Waals surface area (Å²) in [4.78, 5) is 0. The fraction of sp³-hybridized carbons (Fsp3) is 0. The monoisotopic (exact) mass is 208 g/mol. The first-order valence-electron chi connectivity index (χ1n) is 0. The molecule has 4 heteroatoms. The minimum absolute atomic E-state index is 0. The van der Waals surface area contributed by atoms with E-state index in [1.54, 1.807) is 0 Å². The van der Waals surface area contributed by atoms with Gasteiger partial charge in [-0.15, -0.1) is 24.8 Å². The van der Waals surface area contributed by atoms with E-state index < -0.39 is 0 Å². The van der Waals surface area contributed by atoms with Gasteiger partial charge in [-0.05, 0) is 0 Å². The molecule has 0 aliphatic heterocycles. The van der Waals surface area contributed by atoms with Crippen molar-refractivity contribution >= 4 is 34.7 Å². The van der Waals surface area contributed by atoms with Gasteiger partial charge >= 0.3 is 0 Å². The van der Waals surface area contributed by atoms with Crippen LogP contribution in [0.3, 0.4) is 0 Å². The van der Waals surface area contributed by atoms with Crippen LogP contribution in [-0.4, -0.2) is 0 Å². The zero-order valence-electron chi connectivity index (χ0n) is 1.88. The van der Waals surface area contributed by atoms with Crippen molar-refractivity contribution in [3.05, 3.63) is 0 Å². The third kappa shape index (κ3) is 9.44. The van der Waals surface area contributed by atoms with Crippen LogP contribution in [0.2, 0.25) is 0 Å². The molecule has 0 aliphatic rings. The zero-order valence-corrected chi connectivity index (χ0v) is 6.66. The molecule has 4 heavy (non-hydrogen) atoms. The molecule has 0 aliphatic carbocycles. The van der Waals surface area contributed by atoms with Gasteiger partial charge in [0.05, 0.1) is 0 Å². The number of rotatable bonds is 0. The molecule has 0 aromatic heterocycles. The van der Waals surface area contributed by atoms with Gasteiger partial charge in [-0.1, -0.05) is 0 Å². The van der Waals surface area contributed by atoms with Crippen molar-refractivity contribution in [1.29, 1.82) is 0 Å². The van der Waals surface area contributed by atoms with Crippen LogP contribution in [0.15, 0.2) is 0 Å². The summed E-state index contributed by atoms with van der Waals surface area (Å²) < 4.78 is 0. The van der Waals surface area contributed by atoms with Crippen molar-refractivity contribution in [2.45, 2.75) is 0 Å². The molecule has 0 fully saturated rings. The summed E-state index contributed by atoms with van der Waals surface area (Å²) in [5, 5.41) is 0. The van der Waals surface area contributed by atoms with E-state index >= 15 is 0 Å². The number of hydrogen-bond acceptors (Lipinski definition) is 0. The van der Waals surface area contributed by atoms with Crippen LogP contribution < -0.4 is 0 Å². The predicted molar refractivity (Wildman–Crippen MR) is 25.6 cm³/mol. The van der Waals surface area contributed by atoms with Crippen LogP contribution in [-0.2, 0) is 19.5 Å². The molecule has 0 nitrogen and oxygen atoms in total. The van der Waals surface area contributed by atoms with Crippen molar-refractivity contribution in [3.63, 3.8) is 0 Å². The van der Waals surface area contributed by atoms with Crippen molar-refractivity contribution in [3.8, 4) is 0 Å². The molecule has 0 saturated carbocycles. The van der Waals surface area contributed by atoms with Crippen LogP contribution >= 0.6 is 34.7 Å². The summed E-state index contributed by atoms with van der Waals surface area (Å²) in [5.74, 6) is 0. The topological polar surface area (TPSA) is 0 Å². The first-order chi connectivity index (χ1) is 0.